The molecule has 0 saturated carbocycles. The molecule has 0 bridgehead atoms. The molecule has 1 heterocycles. The Labute approximate surface area is 148 Å². The van der Waals surface area contributed by atoms with Crippen LogP contribution in [-0.2, 0) is 19.8 Å². The molecule has 0 aromatic heterocycles. The fourth-order valence-electron chi connectivity index (χ4n) is 3.22. The van der Waals surface area contributed by atoms with Crippen LogP contribution in [0.1, 0.15) is 44.6 Å². The van der Waals surface area contributed by atoms with Gasteiger partial charge in [0.2, 0.25) is 11.8 Å². The number of likely N-dealkylation sites (tertiary alicyclic amines) is 1. The third-order valence-corrected chi connectivity index (χ3v) is 4.93. The zero-order valence-electron chi connectivity index (χ0n) is 14.7. The van der Waals surface area contributed by atoms with Crippen molar-refractivity contribution in [3.63, 3.8) is 0 Å². The topological polar surface area (TPSA) is 86.7 Å². The SMILES string of the molecule is CCC(CNC(=O)CN1CCCCCC1=O)(C(=O)O)c1ccccc1. The van der Waals surface area contributed by atoms with Gasteiger partial charge in [-0.1, -0.05) is 43.7 Å². The Kier molecular flexibility index (Phi) is 6.56. The molecule has 1 aliphatic heterocycles. The van der Waals surface area contributed by atoms with E-state index in [9.17, 15) is 19.5 Å². The fraction of sp³-hybridized carbons (Fsp3) is 0.526. The van der Waals surface area contributed by atoms with E-state index in [1.165, 1.54) is 0 Å². The van der Waals surface area contributed by atoms with Gasteiger partial charge in [0.1, 0.15) is 5.41 Å². The minimum absolute atomic E-state index is 0.00368. The van der Waals surface area contributed by atoms with E-state index in [0.29, 0.717) is 24.9 Å². The quantitative estimate of drug-likeness (QED) is 0.790. The minimum atomic E-state index is -1.17. The number of hydrogen-bond acceptors (Lipinski definition) is 3. The molecule has 6 nitrogen and oxygen atoms in total. The normalized spacial score (nSPS) is 17.5. The number of hydrogen-bond donors (Lipinski definition) is 2. The highest BCUT2D eigenvalue weighted by Gasteiger charge is 2.39. The van der Waals surface area contributed by atoms with Crippen molar-refractivity contribution in [2.45, 2.75) is 44.4 Å². The summed E-state index contributed by atoms with van der Waals surface area (Å²) in [6.45, 7) is 2.38. The first kappa shape index (κ1) is 19.0. The fourth-order valence-corrected chi connectivity index (χ4v) is 3.22. The van der Waals surface area contributed by atoms with Crippen molar-refractivity contribution >= 4 is 17.8 Å². The molecular formula is C19H26N2O4. The van der Waals surface area contributed by atoms with Gasteiger partial charge in [-0.3, -0.25) is 14.4 Å². The predicted molar refractivity (Wildman–Crippen MR) is 94.1 cm³/mol. The number of carbonyl (C=O) groups excluding carboxylic acids is 2. The van der Waals surface area contributed by atoms with E-state index >= 15 is 0 Å². The zero-order chi connectivity index (χ0) is 18.3. The minimum Gasteiger partial charge on any atom is -0.481 e. The third-order valence-electron chi connectivity index (χ3n) is 4.93. The number of nitrogens with one attached hydrogen (secondary N) is 1. The Bertz CT molecular complexity index is 617. The number of carboxylic acids is 1. The maximum absolute atomic E-state index is 12.3. The van der Waals surface area contributed by atoms with E-state index in [2.05, 4.69) is 5.32 Å². The van der Waals surface area contributed by atoms with Crippen molar-refractivity contribution in [1.82, 2.24) is 10.2 Å². The molecule has 2 rings (SSSR count). The van der Waals surface area contributed by atoms with Gasteiger partial charge < -0.3 is 15.3 Å². The highest BCUT2D eigenvalue weighted by atomic mass is 16.4. The van der Waals surface area contributed by atoms with Gasteiger partial charge in [0, 0.05) is 19.5 Å². The van der Waals surface area contributed by atoms with Crippen LogP contribution in [0.25, 0.3) is 0 Å². The summed E-state index contributed by atoms with van der Waals surface area (Å²) in [5.74, 6) is -1.28. The van der Waals surface area contributed by atoms with Gasteiger partial charge in [0.25, 0.3) is 0 Å². The molecule has 1 fully saturated rings. The lowest BCUT2D eigenvalue weighted by atomic mass is 9.78. The van der Waals surface area contributed by atoms with E-state index in [0.717, 1.165) is 19.3 Å². The molecule has 1 unspecified atom stereocenters. The van der Waals surface area contributed by atoms with Crippen molar-refractivity contribution in [3.05, 3.63) is 35.9 Å². The van der Waals surface area contributed by atoms with Crippen LogP contribution in [0, 0.1) is 0 Å². The van der Waals surface area contributed by atoms with E-state index < -0.39 is 11.4 Å². The van der Waals surface area contributed by atoms with Crippen LogP contribution in [0.3, 0.4) is 0 Å². The zero-order valence-corrected chi connectivity index (χ0v) is 14.7. The number of nitrogens with zero attached hydrogens (tertiary/aromatic N) is 1. The summed E-state index contributed by atoms with van der Waals surface area (Å²) >= 11 is 0. The Morgan fingerprint density at radius 3 is 2.56 bits per heavy atom. The van der Waals surface area contributed by atoms with Crippen molar-refractivity contribution < 1.29 is 19.5 Å². The number of carboxylic acid groups (broad SMARTS) is 1. The first-order valence-corrected chi connectivity index (χ1v) is 8.83. The highest BCUT2D eigenvalue weighted by Crippen LogP contribution is 2.27. The van der Waals surface area contributed by atoms with Crippen molar-refractivity contribution in [3.8, 4) is 0 Å². The molecule has 136 valence electrons. The summed E-state index contributed by atoms with van der Waals surface area (Å²) in [4.78, 5) is 37.8. The third kappa shape index (κ3) is 4.59. The maximum atomic E-state index is 12.3. The summed E-state index contributed by atoms with van der Waals surface area (Å²) in [6, 6.07) is 8.94. The average molecular weight is 346 g/mol. The summed E-state index contributed by atoms with van der Waals surface area (Å²) in [5, 5.41) is 12.5. The molecule has 1 aliphatic rings. The van der Waals surface area contributed by atoms with Gasteiger partial charge in [0.05, 0.1) is 6.54 Å². The number of amides is 2. The summed E-state index contributed by atoms with van der Waals surface area (Å²) in [6.07, 6.45) is 3.59. The lowest BCUT2D eigenvalue weighted by Gasteiger charge is -2.29. The van der Waals surface area contributed by atoms with Gasteiger partial charge in [-0.2, -0.15) is 0 Å². The maximum Gasteiger partial charge on any atom is 0.315 e. The molecule has 0 aliphatic carbocycles. The first-order chi connectivity index (χ1) is 12.0. The Balaban J connectivity index is 2.04. The van der Waals surface area contributed by atoms with Crippen LogP contribution < -0.4 is 5.32 Å². The van der Waals surface area contributed by atoms with Gasteiger partial charge >= 0.3 is 5.97 Å². The predicted octanol–water partition coefficient (Wildman–Crippen LogP) is 1.94. The van der Waals surface area contributed by atoms with Crippen LogP contribution in [-0.4, -0.2) is 47.4 Å². The molecule has 1 saturated heterocycles. The lowest BCUT2D eigenvalue weighted by molar-refractivity contribution is -0.144. The van der Waals surface area contributed by atoms with Crippen LogP contribution in [0.4, 0.5) is 0 Å². The lowest BCUT2D eigenvalue weighted by Crippen LogP contribution is -2.49. The number of aliphatic carboxylic acids is 1. The smallest absolute Gasteiger partial charge is 0.315 e. The average Bonchev–Trinajstić information content (AvgIpc) is 2.81. The molecule has 6 heteroatoms. The van der Waals surface area contributed by atoms with E-state index in [1.807, 2.05) is 6.07 Å². The van der Waals surface area contributed by atoms with Crippen molar-refractivity contribution in [2.24, 2.45) is 0 Å². The van der Waals surface area contributed by atoms with Crippen LogP contribution >= 0.6 is 0 Å². The molecule has 0 spiro atoms. The molecule has 1 atom stereocenters. The van der Waals surface area contributed by atoms with E-state index in [1.54, 1.807) is 36.1 Å². The Morgan fingerprint density at radius 1 is 1.20 bits per heavy atom. The van der Waals surface area contributed by atoms with Gasteiger partial charge in [-0.25, -0.2) is 0 Å². The first-order valence-electron chi connectivity index (χ1n) is 8.83. The summed E-state index contributed by atoms with van der Waals surface area (Å²) in [7, 11) is 0. The standard InChI is InChI=1S/C19H26N2O4/c1-2-19(18(24)25,15-9-5-3-6-10-15)14-20-16(22)13-21-12-8-4-7-11-17(21)23/h3,5-6,9-10H,2,4,7-8,11-14H2,1H3,(H,20,22)(H,24,25). The molecular weight excluding hydrogens is 320 g/mol. The Morgan fingerprint density at radius 2 is 1.92 bits per heavy atom. The van der Waals surface area contributed by atoms with Gasteiger partial charge in [0.15, 0.2) is 0 Å². The van der Waals surface area contributed by atoms with Crippen LogP contribution in [0.5, 0.6) is 0 Å². The van der Waals surface area contributed by atoms with Gasteiger partial charge in [-0.15, -0.1) is 0 Å². The molecule has 25 heavy (non-hydrogen) atoms. The monoisotopic (exact) mass is 346 g/mol. The molecule has 1 aromatic rings. The summed E-state index contributed by atoms with van der Waals surface area (Å²) < 4.78 is 0. The molecule has 0 radical (unpaired) electrons. The van der Waals surface area contributed by atoms with Gasteiger partial charge in [-0.05, 0) is 24.8 Å². The highest BCUT2D eigenvalue weighted by molar-refractivity contribution is 5.86. The van der Waals surface area contributed by atoms with E-state index in [-0.39, 0.29) is 24.9 Å². The summed E-state index contributed by atoms with van der Waals surface area (Å²) in [5.41, 5.74) is -0.504. The van der Waals surface area contributed by atoms with E-state index in [4.69, 9.17) is 0 Å². The second-order valence-electron chi connectivity index (χ2n) is 6.51. The van der Waals surface area contributed by atoms with Crippen molar-refractivity contribution in [2.75, 3.05) is 19.6 Å². The second kappa shape index (κ2) is 8.65. The molecule has 2 N–H and O–H groups in total. The van der Waals surface area contributed by atoms with Crippen LogP contribution in [0.2, 0.25) is 0 Å². The Hall–Kier alpha value is -2.37. The van der Waals surface area contributed by atoms with Crippen molar-refractivity contribution in [1.29, 1.82) is 0 Å². The largest absolute Gasteiger partial charge is 0.481 e. The number of rotatable bonds is 7. The number of carbonyl (C=O) groups is 3. The number of benzene rings is 1. The van der Waals surface area contributed by atoms with Crippen LogP contribution in [0.15, 0.2) is 30.3 Å². The molecule has 2 amide bonds. The second-order valence-corrected chi connectivity index (χ2v) is 6.51. The molecule has 1 aromatic carbocycles.